The smallest absolute Gasteiger partial charge is 0.303 e. The number of unbranched alkanes of at least 4 members (excludes halogenated alkanes) is 55. The van der Waals surface area contributed by atoms with Gasteiger partial charge in [-0.3, -0.25) is 4.79 Å². The molecule has 0 saturated heterocycles. The van der Waals surface area contributed by atoms with Crippen molar-refractivity contribution in [2.24, 2.45) is 0 Å². The van der Waals surface area contributed by atoms with Crippen LogP contribution in [-0.2, 0) is 64.9 Å². The summed E-state index contributed by atoms with van der Waals surface area (Å²) in [5.41, 5.74) is 0. The molecule has 0 rings (SSSR count). The topological polar surface area (TPSA) is 396 Å². The number of esters is 1. The fraction of sp³-hybridized carbons (Fsp3) is 0.989. The number of hydrogen-bond acceptors (Lipinski definition) is 21. The SMILES string of the molecule is CCCCCCCCCCCCCCCC[NH+](C)CC(O)CS(=O)(=O)[O-].CCCCCCCCCCCCCC[N+](C)(C)CC(CS(=O)(=O)[O-])OC.CCCCCCCCCCCCCC[N+](C)(C)CC(CS(=O)(=O)[O-])OC(C)=O.CCCCCCCCCCCCCC[NH+](C)CC(O)CS(=O)(=O)[O-].CCCCCCCCCCCC[NH+](C)CC(O)CS(=O)(=O)[O-]. The molecular formula is C95H203N5O21S5. The van der Waals surface area contributed by atoms with Crippen molar-refractivity contribution in [2.75, 3.05) is 151 Å². The van der Waals surface area contributed by atoms with E-state index in [1.54, 1.807) is 0 Å². The van der Waals surface area contributed by atoms with Crippen LogP contribution >= 0.6 is 0 Å². The van der Waals surface area contributed by atoms with E-state index in [1.807, 2.05) is 35.2 Å². The Morgan fingerprint density at radius 3 is 0.603 bits per heavy atom. The van der Waals surface area contributed by atoms with E-state index < -0.39 is 116 Å². The van der Waals surface area contributed by atoms with Gasteiger partial charge in [0.2, 0.25) is 0 Å². The van der Waals surface area contributed by atoms with Crippen LogP contribution in [0.5, 0.6) is 0 Å². The molecule has 0 saturated carbocycles. The summed E-state index contributed by atoms with van der Waals surface area (Å²) in [6.07, 6.45) is 74.0. The van der Waals surface area contributed by atoms with Gasteiger partial charge in [-0.2, -0.15) is 0 Å². The Labute approximate surface area is 777 Å². The van der Waals surface area contributed by atoms with Crippen molar-refractivity contribution in [3.63, 3.8) is 0 Å². The molecule has 0 radical (unpaired) electrons. The maximum absolute atomic E-state index is 11.2. The van der Waals surface area contributed by atoms with E-state index in [0.29, 0.717) is 41.7 Å². The molecule has 0 bridgehead atoms. The zero-order valence-electron chi connectivity index (χ0n) is 83.5. The number of rotatable bonds is 87. The summed E-state index contributed by atoms with van der Waals surface area (Å²) in [7, 11) is -6.29. The molecule has 764 valence electrons. The van der Waals surface area contributed by atoms with E-state index in [2.05, 4.69) is 48.7 Å². The Kier molecular flexibility index (Phi) is 93.9. The van der Waals surface area contributed by atoms with Gasteiger partial charge in [0, 0.05) is 14.0 Å². The molecule has 126 heavy (non-hydrogen) atoms. The van der Waals surface area contributed by atoms with Crippen LogP contribution in [-0.4, -0.2) is 276 Å². The lowest BCUT2D eigenvalue weighted by molar-refractivity contribution is -0.893. The van der Waals surface area contributed by atoms with Crippen LogP contribution in [0.3, 0.4) is 0 Å². The quantitative estimate of drug-likeness (QED) is 0.0143. The van der Waals surface area contributed by atoms with Gasteiger partial charge < -0.3 is 71.2 Å². The third-order valence-electron chi connectivity index (χ3n) is 23.4. The minimum Gasteiger partial charge on any atom is -0.748 e. The van der Waals surface area contributed by atoms with Gasteiger partial charge in [-0.05, 0) is 64.2 Å². The largest absolute Gasteiger partial charge is 0.748 e. The molecule has 0 spiro atoms. The van der Waals surface area contributed by atoms with Crippen LogP contribution in [0.2, 0.25) is 0 Å². The highest BCUT2D eigenvalue weighted by molar-refractivity contribution is 7.86. The average Bonchev–Trinajstić information content (AvgIpc) is 0.878. The molecule has 0 aliphatic heterocycles. The maximum Gasteiger partial charge on any atom is 0.303 e. The number of methoxy groups -OCH3 is 1. The lowest BCUT2D eigenvalue weighted by atomic mass is 10.0. The minimum absolute atomic E-state index is 0.318. The normalized spacial score (nSPS) is 14.2. The average molecular weight is 1910 g/mol. The molecule has 0 aromatic carbocycles. The Morgan fingerprint density at radius 2 is 0.437 bits per heavy atom. The van der Waals surface area contributed by atoms with Crippen LogP contribution in [0.25, 0.3) is 0 Å². The van der Waals surface area contributed by atoms with Gasteiger partial charge in [0.15, 0.2) is 6.10 Å². The zero-order chi connectivity index (χ0) is 96.1. The van der Waals surface area contributed by atoms with Crippen molar-refractivity contribution in [3.8, 4) is 0 Å². The second-order valence-corrected chi connectivity index (χ2v) is 45.8. The van der Waals surface area contributed by atoms with Crippen molar-refractivity contribution in [3.05, 3.63) is 0 Å². The Bertz CT molecular complexity index is 2950. The molecule has 26 nitrogen and oxygen atoms in total. The molecule has 0 amide bonds. The molecule has 0 fully saturated rings. The summed E-state index contributed by atoms with van der Waals surface area (Å²) in [4.78, 5) is 14.4. The molecule has 8 unspecified atom stereocenters. The van der Waals surface area contributed by atoms with Crippen LogP contribution < -0.4 is 14.7 Å². The molecule has 0 heterocycles. The summed E-state index contributed by atoms with van der Waals surface area (Å²) in [5, 5.41) is 28.6. The van der Waals surface area contributed by atoms with E-state index >= 15 is 0 Å². The standard InChI is InChI=1S/C21H43NO5S.2C20H43NO4S.C18H39NO4S.C16H35NO4S/c1-5-6-7-8-9-10-11-12-13-14-15-16-17-22(3,4)18-21(27-20(2)23)19-28(24,25)26;1-5-6-7-8-9-10-11-12-13-14-15-16-17-21(2,3)18-20(25-4)19-26(22,23)24;1-3-4-5-6-7-8-9-10-11-12-13-14-15-16-17-21(2)18-20(22)19-26(23,24)25;1-3-4-5-6-7-8-9-10-11-12-13-14-15-19(2)16-18(20)17-24(21,22)23;1-3-4-5-6-7-8-9-10-11-12-13-17(2)14-16(18)15-22(19,20)21/h21H,5-19H2,1-4H3;20H,5-19H2,1-4H3;20,22H,3-19H2,1-2H3,(H,23,24,25);18,20H,3-17H2,1-2H3,(H,21,22,23);16,18H,3-15H2,1-2H3,(H,19,20,21). The van der Waals surface area contributed by atoms with Crippen molar-refractivity contribution >= 4 is 56.6 Å². The predicted molar refractivity (Wildman–Crippen MR) is 516 cm³/mol. The first-order valence-electron chi connectivity index (χ1n) is 50.8. The predicted octanol–water partition coefficient (Wildman–Crippen LogP) is 14.9. The van der Waals surface area contributed by atoms with Gasteiger partial charge in [-0.15, -0.1) is 0 Å². The number of carbonyl (C=O) groups excluding carboxylic acids is 1. The van der Waals surface area contributed by atoms with Crippen molar-refractivity contribution < 1.29 is 118 Å². The maximum atomic E-state index is 11.2. The van der Waals surface area contributed by atoms with Crippen molar-refractivity contribution in [1.29, 1.82) is 0 Å². The molecule has 0 aromatic rings. The van der Waals surface area contributed by atoms with Gasteiger partial charge in [0.05, 0.1) is 161 Å². The molecule has 31 heteroatoms. The lowest BCUT2D eigenvalue weighted by Crippen LogP contribution is -3.10. The van der Waals surface area contributed by atoms with Crippen LogP contribution in [0, 0.1) is 0 Å². The first kappa shape index (κ1) is 133. The summed E-state index contributed by atoms with van der Waals surface area (Å²) in [6.45, 7) is 18.9. The number of carbonyl (C=O) groups is 1. The number of nitrogens with zero attached hydrogens (tertiary/aromatic N) is 2. The van der Waals surface area contributed by atoms with E-state index in [4.69, 9.17) is 9.47 Å². The fourth-order valence-corrected chi connectivity index (χ4v) is 19.3. The summed E-state index contributed by atoms with van der Waals surface area (Å²) in [5.74, 6) is -3.69. The molecule has 0 aliphatic rings. The van der Waals surface area contributed by atoms with Gasteiger partial charge in [-0.25, -0.2) is 42.1 Å². The first-order valence-corrected chi connectivity index (χ1v) is 58.7. The van der Waals surface area contributed by atoms with Gasteiger partial charge in [0.1, 0.15) is 57.1 Å². The number of aliphatic hydroxyl groups excluding tert-OH is 3. The van der Waals surface area contributed by atoms with E-state index in [-0.39, 0.29) is 0 Å². The highest BCUT2D eigenvalue weighted by Crippen LogP contribution is 2.19. The second kappa shape index (κ2) is 88.9. The minimum atomic E-state index is -4.43. The molecule has 6 N–H and O–H groups in total. The highest BCUT2D eigenvalue weighted by Gasteiger charge is 2.27. The van der Waals surface area contributed by atoms with Crippen molar-refractivity contribution in [2.45, 2.75) is 457 Å². The fourth-order valence-electron chi connectivity index (χ4n) is 16.3. The third kappa shape index (κ3) is 119. The summed E-state index contributed by atoms with van der Waals surface area (Å²) < 4.78 is 172. The van der Waals surface area contributed by atoms with Crippen molar-refractivity contribution in [1.82, 2.24) is 0 Å². The molecule has 0 aromatic heterocycles. The van der Waals surface area contributed by atoms with E-state index in [1.165, 1.54) is 361 Å². The Hall–Kier alpha value is -1.34. The molecule has 8 atom stereocenters. The first-order chi connectivity index (χ1) is 59.3. The number of quaternary nitrogens is 5. The number of nitrogens with one attached hydrogen (secondary N) is 3. The van der Waals surface area contributed by atoms with E-state index in [9.17, 15) is 85.0 Å². The van der Waals surface area contributed by atoms with Gasteiger partial charge in [-0.1, -0.05) is 356 Å². The van der Waals surface area contributed by atoms with Crippen LogP contribution in [0.15, 0.2) is 0 Å². The van der Waals surface area contributed by atoms with Crippen LogP contribution in [0.4, 0.5) is 0 Å². The van der Waals surface area contributed by atoms with Crippen LogP contribution in [0.1, 0.15) is 427 Å². The molecule has 0 aliphatic carbocycles. The number of aliphatic hydroxyl groups is 3. The second-order valence-electron chi connectivity index (χ2n) is 38.5. The lowest BCUT2D eigenvalue weighted by Gasteiger charge is -2.33. The zero-order valence-corrected chi connectivity index (χ0v) is 87.6. The Balaban J connectivity index is -0.000000485. The van der Waals surface area contributed by atoms with Gasteiger partial charge in [0.25, 0.3) is 0 Å². The Morgan fingerprint density at radius 1 is 0.278 bits per heavy atom. The number of hydrogen-bond donors (Lipinski definition) is 6. The monoisotopic (exact) mass is 1910 g/mol. The number of ether oxygens (including phenoxy) is 2. The highest BCUT2D eigenvalue weighted by atomic mass is 32.2. The summed E-state index contributed by atoms with van der Waals surface area (Å²) >= 11 is 0. The summed E-state index contributed by atoms with van der Waals surface area (Å²) in [6, 6.07) is 0. The third-order valence-corrected chi connectivity index (χ3v) is 27.3. The van der Waals surface area contributed by atoms with E-state index in [0.717, 1.165) is 85.9 Å². The van der Waals surface area contributed by atoms with Gasteiger partial charge >= 0.3 is 5.97 Å². The number of likely N-dealkylation sites (N-methyl/N-ethyl adjacent to an activating group) is 5. The molecular weight excluding hydrogens is 1710 g/mol.